The van der Waals surface area contributed by atoms with E-state index in [1.807, 2.05) is 65.4 Å². The van der Waals surface area contributed by atoms with E-state index in [2.05, 4.69) is 25.9 Å². The van der Waals surface area contributed by atoms with Crippen LogP contribution in [0.1, 0.15) is 25.0 Å². The van der Waals surface area contributed by atoms with Gasteiger partial charge in [0.1, 0.15) is 5.52 Å². The van der Waals surface area contributed by atoms with E-state index in [4.69, 9.17) is 4.98 Å². The van der Waals surface area contributed by atoms with Gasteiger partial charge in [-0.25, -0.2) is 9.50 Å². The van der Waals surface area contributed by atoms with Crippen molar-refractivity contribution < 1.29 is 14.7 Å². The second-order valence-electron chi connectivity index (χ2n) is 10.6. The first-order valence-corrected chi connectivity index (χ1v) is 14.6. The van der Waals surface area contributed by atoms with Gasteiger partial charge in [0, 0.05) is 48.2 Å². The maximum absolute atomic E-state index is 12.8. The molecular weight excluding hydrogens is 542 g/mol. The summed E-state index contributed by atoms with van der Waals surface area (Å²) < 4.78 is 1.78. The maximum Gasteiger partial charge on any atom is 0.238 e. The van der Waals surface area contributed by atoms with Crippen molar-refractivity contribution in [2.45, 2.75) is 42.3 Å². The zero-order chi connectivity index (χ0) is 28.3. The molecule has 2 fully saturated rings. The lowest BCUT2D eigenvalue weighted by molar-refractivity contribution is -0.137. The number of aromatic amines is 1. The number of carbonyl (C=O) groups excluding carboxylic acids is 2. The van der Waals surface area contributed by atoms with Crippen LogP contribution in [0.5, 0.6) is 0 Å². The smallest absolute Gasteiger partial charge is 0.238 e. The van der Waals surface area contributed by atoms with Crippen LogP contribution in [0.2, 0.25) is 0 Å². The molecule has 0 saturated carbocycles. The number of benzene rings is 1. The van der Waals surface area contributed by atoms with Gasteiger partial charge >= 0.3 is 0 Å². The fraction of sp³-hybridized carbons (Fsp3) is 0.393. The lowest BCUT2D eigenvalue weighted by Gasteiger charge is -2.31. The Morgan fingerprint density at radius 2 is 1.93 bits per heavy atom. The lowest BCUT2D eigenvalue weighted by atomic mass is 10.0. The highest BCUT2D eigenvalue weighted by Crippen LogP contribution is 2.29. The third-order valence-corrected chi connectivity index (χ3v) is 8.30. The summed E-state index contributed by atoms with van der Waals surface area (Å²) in [5.41, 5.74) is 2.49. The third kappa shape index (κ3) is 6.53. The second-order valence-corrected chi connectivity index (χ2v) is 11.6. The highest BCUT2D eigenvalue weighted by Gasteiger charge is 2.33. The summed E-state index contributed by atoms with van der Waals surface area (Å²) in [6.07, 6.45) is 3.61. The number of rotatable bonds is 8. The number of piperidine rings is 1. The summed E-state index contributed by atoms with van der Waals surface area (Å²) in [6, 6.07) is 13.3. The average Bonchev–Trinajstić information content (AvgIpc) is 3.71. The minimum Gasteiger partial charge on any atom is -0.393 e. The number of hydrogen-bond acceptors (Lipinski definition) is 9. The van der Waals surface area contributed by atoms with Crippen LogP contribution >= 0.6 is 11.8 Å². The Morgan fingerprint density at radius 3 is 2.68 bits per heavy atom. The number of nitrogens with one attached hydrogen (secondary N) is 3. The first kappa shape index (κ1) is 27.2. The zero-order valence-electron chi connectivity index (χ0n) is 22.8. The van der Waals surface area contributed by atoms with Crippen LogP contribution in [0.25, 0.3) is 5.52 Å². The van der Waals surface area contributed by atoms with Crippen molar-refractivity contribution in [1.29, 1.82) is 0 Å². The van der Waals surface area contributed by atoms with Gasteiger partial charge in [-0.3, -0.25) is 19.6 Å². The Bertz CT molecular complexity index is 1530. The molecule has 2 saturated heterocycles. The van der Waals surface area contributed by atoms with Gasteiger partial charge in [0.2, 0.25) is 17.0 Å². The Kier molecular flexibility index (Phi) is 7.90. The molecule has 0 bridgehead atoms. The molecule has 2 aliphatic rings. The molecule has 0 radical (unpaired) electrons. The molecule has 13 heteroatoms. The number of aliphatic hydroxyl groups excluding tert-OH is 1. The summed E-state index contributed by atoms with van der Waals surface area (Å²) in [4.78, 5) is 35.1. The van der Waals surface area contributed by atoms with Gasteiger partial charge in [-0.05, 0) is 80.9 Å². The molecule has 4 N–H and O–H groups in total. The van der Waals surface area contributed by atoms with Gasteiger partial charge in [-0.1, -0.05) is 0 Å². The summed E-state index contributed by atoms with van der Waals surface area (Å²) in [5, 5.41) is 28.3. The molecular formula is C28H33N9O3S. The summed E-state index contributed by atoms with van der Waals surface area (Å²) in [5.74, 6) is 1.29. The Morgan fingerprint density at radius 1 is 1.12 bits per heavy atom. The summed E-state index contributed by atoms with van der Waals surface area (Å²) >= 11 is 1.42. The first-order chi connectivity index (χ1) is 19.9. The molecule has 2 aliphatic heterocycles. The number of fused-ring (bicyclic) bond motifs is 1. The molecule has 5 heterocycles. The molecule has 1 aromatic carbocycles. The third-order valence-electron chi connectivity index (χ3n) is 7.44. The van der Waals surface area contributed by atoms with Crippen LogP contribution in [-0.2, 0) is 9.59 Å². The first-order valence-electron chi connectivity index (χ1n) is 13.8. The molecule has 12 nitrogen and oxygen atoms in total. The molecule has 3 aromatic heterocycles. The van der Waals surface area contributed by atoms with Crippen molar-refractivity contribution >= 4 is 46.4 Å². The SMILES string of the molecule is Cc1cc(Nc2nc(Sc3ccc(NC(=O)CN4CCC(C(=O)N5CCC(O)CC5)C4)cc3)nn3cccc23)n[nH]1. The van der Waals surface area contributed by atoms with Crippen molar-refractivity contribution in [3.05, 3.63) is 54.4 Å². The molecule has 2 amide bonds. The zero-order valence-corrected chi connectivity index (χ0v) is 23.6. The number of anilines is 3. The number of H-pyrrole nitrogens is 1. The van der Waals surface area contributed by atoms with Gasteiger partial charge in [0.15, 0.2) is 11.6 Å². The number of aryl methyl sites for hydroxylation is 1. The number of amides is 2. The lowest BCUT2D eigenvalue weighted by Crippen LogP contribution is -2.43. The normalized spacial score (nSPS) is 18.2. The van der Waals surface area contributed by atoms with E-state index in [9.17, 15) is 14.7 Å². The molecule has 214 valence electrons. The quantitative estimate of drug-likeness (QED) is 0.249. The van der Waals surface area contributed by atoms with E-state index in [0.29, 0.717) is 55.0 Å². The molecule has 4 aromatic rings. The molecule has 0 aliphatic carbocycles. The molecule has 6 rings (SSSR count). The van der Waals surface area contributed by atoms with E-state index in [1.165, 1.54) is 11.8 Å². The van der Waals surface area contributed by atoms with Crippen LogP contribution in [0, 0.1) is 12.8 Å². The van der Waals surface area contributed by atoms with Gasteiger partial charge in [-0.2, -0.15) is 5.10 Å². The predicted molar refractivity (Wildman–Crippen MR) is 155 cm³/mol. The van der Waals surface area contributed by atoms with E-state index < -0.39 is 0 Å². The van der Waals surface area contributed by atoms with Crippen molar-refractivity contribution in [2.24, 2.45) is 5.92 Å². The Labute approximate surface area is 241 Å². The van der Waals surface area contributed by atoms with E-state index >= 15 is 0 Å². The van der Waals surface area contributed by atoms with Gasteiger partial charge in [0.25, 0.3) is 0 Å². The topological polar surface area (TPSA) is 144 Å². The van der Waals surface area contributed by atoms with Crippen LogP contribution in [-0.4, -0.2) is 90.3 Å². The largest absolute Gasteiger partial charge is 0.393 e. The van der Waals surface area contributed by atoms with Gasteiger partial charge in [0.05, 0.1) is 18.6 Å². The molecule has 1 unspecified atom stereocenters. The number of aliphatic hydroxyl groups is 1. The highest BCUT2D eigenvalue weighted by atomic mass is 32.2. The monoisotopic (exact) mass is 575 g/mol. The van der Waals surface area contributed by atoms with Crippen molar-refractivity contribution in [1.82, 2.24) is 34.6 Å². The highest BCUT2D eigenvalue weighted by molar-refractivity contribution is 7.99. The standard InChI is InChI=1S/C28H33N9O3S/c1-18-15-24(33-32-18)30-26-23-3-2-11-37(23)34-28(31-26)41-22-6-4-20(5-7-22)29-25(39)17-35-12-8-19(16-35)27(40)36-13-9-21(38)10-14-36/h2-7,11,15,19,21,38H,8-10,12-14,16-17H2,1H3,(H,29,39)(H2,30,31,32,33,34). The van der Waals surface area contributed by atoms with Crippen LogP contribution in [0.15, 0.2) is 58.7 Å². The predicted octanol–water partition coefficient (Wildman–Crippen LogP) is 2.90. The number of nitrogens with zero attached hydrogens (tertiary/aromatic N) is 6. The Balaban J connectivity index is 1.02. The van der Waals surface area contributed by atoms with Crippen molar-refractivity contribution in [3.8, 4) is 0 Å². The van der Waals surface area contributed by atoms with Crippen LogP contribution in [0.3, 0.4) is 0 Å². The maximum atomic E-state index is 12.8. The molecule has 41 heavy (non-hydrogen) atoms. The number of carbonyl (C=O) groups is 2. The van der Waals surface area contributed by atoms with E-state index in [-0.39, 0.29) is 30.4 Å². The van der Waals surface area contributed by atoms with Crippen LogP contribution in [0.4, 0.5) is 17.3 Å². The van der Waals surface area contributed by atoms with Gasteiger partial charge < -0.3 is 20.6 Å². The van der Waals surface area contributed by atoms with Crippen LogP contribution < -0.4 is 10.6 Å². The minimum atomic E-state index is -0.300. The minimum absolute atomic E-state index is 0.0820. The fourth-order valence-corrected chi connectivity index (χ4v) is 6.04. The summed E-state index contributed by atoms with van der Waals surface area (Å²) in [6.45, 7) is 4.71. The van der Waals surface area contributed by atoms with Crippen molar-refractivity contribution in [3.63, 3.8) is 0 Å². The van der Waals surface area contributed by atoms with Crippen molar-refractivity contribution in [2.75, 3.05) is 43.4 Å². The fourth-order valence-electron chi connectivity index (χ4n) is 5.29. The number of aromatic nitrogens is 5. The molecule has 0 spiro atoms. The van der Waals surface area contributed by atoms with E-state index in [1.54, 1.807) is 4.52 Å². The Hall–Kier alpha value is -3.94. The number of hydrogen-bond donors (Lipinski definition) is 4. The average molecular weight is 576 g/mol. The summed E-state index contributed by atoms with van der Waals surface area (Å²) in [7, 11) is 0. The van der Waals surface area contributed by atoms with E-state index in [0.717, 1.165) is 29.1 Å². The number of likely N-dealkylation sites (tertiary alicyclic amines) is 2. The van der Waals surface area contributed by atoms with Gasteiger partial charge in [-0.15, -0.1) is 5.10 Å². The second kappa shape index (κ2) is 11.9. The molecule has 1 atom stereocenters.